The highest BCUT2D eigenvalue weighted by atomic mass is 16.5. The highest BCUT2D eigenvalue weighted by Crippen LogP contribution is 2.43. The molecule has 4 rings (SSSR count). The number of carboxylic acid groups (broad SMARTS) is 1. The summed E-state index contributed by atoms with van der Waals surface area (Å²) in [5.74, 6) is -2.31. The molecule has 1 aromatic rings. The Morgan fingerprint density at radius 2 is 1.97 bits per heavy atom. The molecule has 0 bridgehead atoms. The number of carboxylic acids is 1. The van der Waals surface area contributed by atoms with Crippen molar-refractivity contribution in [3.63, 3.8) is 0 Å². The number of carbonyl (C=O) groups excluding carboxylic acids is 2. The molecule has 1 aromatic carbocycles. The molecule has 0 saturated heterocycles. The molecule has 2 unspecified atom stereocenters. The molecule has 1 N–H and O–H groups in total. The van der Waals surface area contributed by atoms with Crippen LogP contribution in [0.4, 0.5) is 0 Å². The van der Waals surface area contributed by atoms with Crippen LogP contribution in [-0.2, 0) is 20.7 Å². The average Bonchev–Trinajstić information content (AvgIpc) is 3.33. The van der Waals surface area contributed by atoms with Gasteiger partial charge in [0.25, 0.3) is 0 Å². The predicted octanol–water partition coefficient (Wildman–Crippen LogP) is 2.50. The van der Waals surface area contributed by atoms with Gasteiger partial charge < -0.3 is 19.7 Å². The van der Waals surface area contributed by atoms with E-state index in [1.807, 2.05) is 36.4 Å². The van der Waals surface area contributed by atoms with Gasteiger partial charge in [-0.2, -0.15) is 0 Å². The number of Topliss-reactive ketones (excluding diaryl/α,β-unsaturated/α-hetero) is 1. The monoisotopic (exact) mass is 407 g/mol. The van der Waals surface area contributed by atoms with E-state index in [0.717, 1.165) is 23.3 Å². The van der Waals surface area contributed by atoms with Gasteiger partial charge in [-0.3, -0.25) is 4.79 Å². The zero-order valence-electron chi connectivity index (χ0n) is 17.0. The first kappa shape index (κ1) is 20.6. The van der Waals surface area contributed by atoms with Crippen LogP contribution in [0.25, 0.3) is 0 Å². The second-order valence-electron chi connectivity index (χ2n) is 8.47. The molecular formula is C25H27O5-. The number of carbonyl (C=O) groups is 2. The van der Waals surface area contributed by atoms with Crippen LogP contribution in [-0.4, -0.2) is 29.6 Å². The predicted molar refractivity (Wildman–Crippen MR) is 110 cm³/mol. The number of benzene rings is 1. The van der Waals surface area contributed by atoms with Crippen molar-refractivity contribution in [2.75, 3.05) is 6.61 Å². The summed E-state index contributed by atoms with van der Waals surface area (Å²) >= 11 is 0. The second-order valence-corrected chi connectivity index (χ2v) is 8.47. The van der Waals surface area contributed by atoms with E-state index in [2.05, 4.69) is 12.1 Å². The van der Waals surface area contributed by atoms with Gasteiger partial charge in [-0.05, 0) is 73.8 Å². The Morgan fingerprint density at radius 1 is 1.17 bits per heavy atom. The summed E-state index contributed by atoms with van der Waals surface area (Å²) in [6.07, 6.45) is 9.05. The highest BCUT2D eigenvalue weighted by Gasteiger charge is 2.41. The number of aryl methyl sites for hydroxylation is 1. The summed E-state index contributed by atoms with van der Waals surface area (Å²) in [6.45, 7) is 0.530. The van der Waals surface area contributed by atoms with Crippen LogP contribution in [0.3, 0.4) is 0 Å². The van der Waals surface area contributed by atoms with Crippen LogP contribution < -0.4 is 5.11 Å². The second kappa shape index (κ2) is 9.00. The van der Waals surface area contributed by atoms with Crippen LogP contribution in [0.2, 0.25) is 0 Å². The third-order valence-corrected chi connectivity index (χ3v) is 6.52. The van der Waals surface area contributed by atoms with E-state index in [1.165, 1.54) is 5.56 Å². The molecule has 0 amide bonds. The van der Waals surface area contributed by atoms with Crippen molar-refractivity contribution in [1.29, 1.82) is 0 Å². The first-order valence-corrected chi connectivity index (χ1v) is 10.8. The first-order valence-electron chi connectivity index (χ1n) is 10.8. The number of ketones is 1. The van der Waals surface area contributed by atoms with E-state index in [4.69, 9.17) is 4.74 Å². The van der Waals surface area contributed by atoms with E-state index >= 15 is 0 Å². The zero-order valence-corrected chi connectivity index (χ0v) is 17.0. The first-order chi connectivity index (χ1) is 14.5. The van der Waals surface area contributed by atoms with Gasteiger partial charge in [0, 0.05) is 11.5 Å². The van der Waals surface area contributed by atoms with E-state index < -0.39 is 23.9 Å². The van der Waals surface area contributed by atoms with Crippen molar-refractivity contribution in [1.82, 2.24) is 0 Å². The molecule has 30 heavy (non-hydrogen) atoms. The largest absolute Gasteiger partial charge is 0.549 e. The molecule has 5 heteroatoms. The van der Waals surface area contributed by atoms with E-state index in [1.54, 1.807) is 0 Å². The Labute approximate surface area is 176 Å². The van der Waals surface area contributed by atoms with Crippen LogP contribution in [0, 0.1) is 17.8 Å². The Bertz CT molecular complexity index is 895. The fraction of sp³-hybridized carbons (Fsp3) is 0.440. The number of fused-ring (bicyclic) bond motifs is 1. The van der Waals surface area contributed by atoms with E-state index in [0.29, 0.717) is 38.7 Å². The van der Waals surface area contributed by atoms with Crippen molar-refractivity contribution in [3.8, 4) is 0 Å². The van der Waals surface area contributed by atoms with Crippen LogP contribution in [0.5, 0.6) is 0 Å². The van der Waals surface area contributed by atoms with Gasteiger partial charge in [-0.15, -0.1) is 0 Å². The molecule has 0 spiro atoms. The van der Waals surface area contributed by atoms with Crippen LogP contribution in [0.1, 0.15) is 37.7 Å². The lowest BCUT2D eigenvalue weighted by Crippen LogP contribution is -2.45. The summed E-state index contributed by atoms with van der Waals surface area (Å²) < 4.78 is 5.55. The number of aliphatic hydroxyl groups excluding tert-OH is 1. The minimum Gasteiger partial charge on any atom is -0.549 e. The highest BCUT2D eigenvalue weighted by molar-refractivity contribution is 6.01. The molecule has 158 valence electrons. The Hall–Kier alpha value is -2.66. The smallest absolute Gasteiger partial charge is 0.149 e. The average molecular weight is 407 g/mol. The molecular weight excluding hydrogens is 380 g/mol. The summed E-state index contributed by atoms with van der Waals surface area (Å²) in [5.41, 5.74) is 2.99. The molecule has 0 aromatic heterocycles. The number of rotatable bonds is 8. The minimum atomic E-state index is -1.28. The molecule has 1 fully saturated rings. The van der Waals surface area contributed by atoms with Crippen molar-refractivity contribution >= 4 is 11.8 Å². The number of aliphatic carboxylic acids is 1. The zero-order chi connectivity index (χ0) is 21.1. The fourth-order valence-corrected chi connectivity index (χ4v) is 4.86. The lowest BCUT2D eigenvalue weighted by atomic mass is 9.68. The van der Waals surface area contributed by atoms with Gasteiger partial charge in [0.15, 0.2) is 0 Å². The summed E-state index contributed by atoms with van der Waals surface area (Å²) in [5, 5.41) is 22.0. The molecule has 0 radical (unpaired) electrons. The van der Waals surface area contributed by atoms with Crippen LogP contribution in [0.15, 0.2) is 65.5 Å². The SMILES string of the molecule is O=C([O-])C1CC[C@H](CC[C@@H](O)CCc2ccccc2)C(C2=CC3=CCOC3=C2)C1=O. The molecule has 1 saturated carbocycles. The molecule has 1 aliphatic heterocycles. The number of hydrogen-bond acceptors (Lipinski definition) is 5. The minimum absolute atomic E-state index is 0.0157. The number of hydrogen-bond donors (Lipinski definition) is 1. The molecule has 1 heterocycles. The molecule has 4 atom stereocenters. The summed E-state index contributed by atoms with van der Waals surface area (Å²) in [7, 11) is 0. The lowest BCUT2D eigenvalue weighted by molar-refractivity contribution is -0.310. The fourth-order valence-electron chi connectivity index (χ4n) is 4.86. The topological polar surface area (TPSA) is 86.7 Å². The molecule has 3 aliphatic rings. The molecule has 2 aliphatic carbocycles. The summed E-state index contributed by atoms with van der Waals surface area (Å²) in [4.78, 5) is 24.5. The van der Waals surface area contributed by atoms with E-state index in [-0.39, 0.29) is 11.7 Å². The number of ether oxygens (including phenoxy) is 1. The number of allylic oxidation sites excluding steroid dienone is 3. The summed E-state index contributed by atoms with van der Waals surface area (Å²) in [6, 6.07) is 10.1. The third-order valence-electron chi connectivity index (χ3n) is 6.52. The Morgan fingerprint density at radius 3 is 2.70 bits per heavy atom. The molecule has 5 nitrogen and oxygen atoms in total. The van der Waals surface area contributed by atoms with Gasteiger partial charge in [-0.25, -0.2) is 0 Å². The van der Waals surface area contributed by atoms with Crippen molar-refractivity contribution < 1.29 is 24.5 Å². The van der Waals surface area contributed by atoms with Crippen molar-refractivity contribution in [2.45, 2.75) is 44.6 Å². The van der Waals surface area contributed by atoms with Gasteiger partial charge in [0.2, 0.25) is 0 Å². The maximum atomic E-state index is 13.0. The Kier molecular flexibility index (Phi) is 6.18. The van der Waals surface area contributed by atoms with E-state index in [9.17, 15) is 19.8 Å². The van der Waals surface area contributed by atoms with Crippen molar-refractivity contribution in [3.05, 3.63) is 71.0 Å². The lowest BCUT2D eigenvalue weighted by Gasteiger charge is -2.36. The van der Waals surface area contributed by atoms with Gasteiger partial charge in [0.1, 0.15) is 18.1 Å². The maximum absolute atomic E-state index is 13.0. The normalized spacial score (nSPS) is 26.4. The van der Waals surface area contributed by atoms with Crippen molar-refractivity contribution in [2.24, 2.45) is 17.8 Å². The quantitative estimate of drug-likeness (QED) is 0.669. The van der Waals surface area contributed by atoms with Gasteiger partial charge in [0.05, 0.1) is 18.0 Å². The van der Waals surface area contributed by atoms with Crippen LogP contribution >= 0.6 is 0 Å². The van der Waals surface area contributed by atoms with Gasteiger partial charge >= 0.3 is 0 Å². The third kappa shape index (κ3) is 4.41. The maximum Gasteiger partial charge on any atom is 0.149 e. The number of aliphatic hydroxyl groups is 1. The standard InChI is InChI=1S/C25H28O5/c26-20(9-6-16-4-2-1-3-5-16)10-7-17-8-11-21(25(28)29)24(27)23(17)19-14-18-12-13-30-22(18)15-19/h1-5,12,14-15,17,20-21,23,26H,6-11,13H2,(H,28,29)/p-1/t17-,20-,21?,23?/m0/s1. The Balaban J connectivity index is 1.42. The van der Waals surface area contributed by atoms with Gasteiger partial charge in [-0.1, -0.05) is 30.3 Å².